The number of halogens is 1. The lowest BCUT2D eigenvalue weighted by Crippen LogP contribution is -2.22. The molecular weight excluding hydrogens is 214 g/mol. The predicted octanol–water partition coefficient (Wildman–Crippen LogP) is 1.09. The summed E-state index contributed by atoms with van der Waals surface area (Å²) in [6, 6.07) is 1.75. The van der Waals surface area contributed by atoms with Crippen LogP contribution in [0.5, 0.6) is 0 Å². The molecule has 80 valence electrons. The van der Waals surface area contributed by atoms with Crippen LogP contribution in [0.3, 0.4) is 0 Å². The van der Waals surface area contributed by atoms with E-state index in [-0.39, 0.29) is 11.5 Å². The highest BCUT2D eigenvalue weighted by Gasteiger charge is 2.54. The highest BCUT2D eigenvalue weighted by Crippen LogP contribution is 2.53. The molecule has 3 rings (SSSR count). The van der Waals surface area contributed by atoms with E-state index in [4.69, 9.17) is 11.6 Å². The normalized spacial score (nSPS) is 27.3. The Kier molecular flexibility index (Phi) is 1.91. The van der Waals surface area contributed by atoms with Gasteiger partial charge in [0.05, 0.1) is 6.10 Å². The SMILES string of the molecule is OC1CN(c2cc(Cl)ncn2)CC12CC2. The van der Waals surface area contributed by atoms with Crippen LogP contribution in [-0.2, 0) is 0 Å². The minimum Gasteiger partial charge on any atom is -0.391 e. The van der Waals surface area contributed by atoms with Gasteiger partial charge in [0.15, 0.2) is 0 Å². The van der Waals surface area contributed by atoms with Crippen molar-refractivity contribution in [3.05, 3.63) is 17.5 Å². The van der Waals surface area contributed by atoms with Gasteiger partial charge in [-0.25, -0.2) is 9.97 Å². The molecule has 1 N–H and O–H groups in total. The molecule has 1 saturated carbocycles. The molecule has 0 radical (unpaired) electrons. The van der Waals surface area contributed by atoms with Crippen LogP contribution in [0.2, 0.25) is 5.15 Å². The van der Waals surface area contributed by atoms with E-state index in [1.54, 1.807) is 6.07 Å². The summed E-state index contributed by atoms with van der Waals surface area (Å²) in [4.78, 5) is 10.1. The highest BCUT2D eigenvalue weighted by molar-refractivity contribution is 6.29. The predicted molar refractivity (Wildman–Crippen MR) is 56.9 cm³/mol. The third-order valence-corrected chi connectivity index (χ3v) is 3.65. The molecule has 1 atom stereocenters. The van der Waals surface area contributed by atoms with Crippen molar-refractivity contribution in [3.63, 3.8) is 0 Å². The number of hydrogen-bond donors (Lipinski definition) is 1. The van der Waals surface area contributed by atoms with Crippen molar-refractivity contribution >= 4 is 17.4 Å². The van der Waals surface area contributed by atoms with Crippen molar-refractivity contribution in [2.45, 2.75) is 18.9 Å². The second-order valence-corrected chi connectivity index (χ2v) is 4.84. The van der Waals surface area contributed by atoms with Crippen LogP contribution in [0.15, 0.2) is 12.4 Å². The zero-order valence-corrected chi connectivity index (χ0v) is 8.98. The van der Waals surface area contributed by atoms with Gasteiger partial charge >= 0.3 is 0 Å². The fourth-order valence-corrected chi connectivity index (χ4v) is 2.42. The minimum atomic E-state index is -0.216. The van der Waals surface area contributed by atoms with Crippen LogP contribution in [0, 0.1) is 5.41 Å². The molecule has 1 aliphatic carbocycles. The first-order valence-electron chi connectivity index (χ1n) is 5.10. The Bertz CT molecular complexity index is 394. The van der Waals surface area contributed by atoms with Crippen LogP contribution >= 0.6 is 11.6 Å². The molecule has 1 aromatic rings. The topological polar surface area (TPSA) is 49.2 Å². The van der Waals surface area contributed by atoms with Crippen LogP contribution in [-0.4, -0.2) is 34.3 Å². The number of anilines is 1. The number of rotatable bonds is 1. The number of aromatic nitrogens is 2. The lowest BCUT2D eigenvalue weighted by Gasteiger charge is -2.16. The van der Waals surface area contributed by atoms with E-state index in [0.717, 1.165) is 25.2 Å². The summed E-state index contributed by atoms with van der Waals surface area (Å²) in [5.41, 5.74) is 0.150. The van der Waals surface area contributed by atoms with Gasteiger partial charge in [0.25, 0.3) is 0 Å². The minimum absolute atomic E-state index is 0.150. The fourth-order valence-electron chi connectivity index (χ4n) is 2.28. The third kappa shape index (κ3) is 1.48. The Hall–Kier alpha value is -0.870. The second kappa shape index (κ2) is 3.06. The van der Waals surface area contributed by atoms with Crippen LogP contribution < -0.4 is 4.90 Å². The molecule has 2 heterocycles. The van der Waals surface area contributed by atoms with E-state index >= 15 is 0 Å². The third-order valence-electron chi connectivity index (χ3n) is 3.44. The molecule has 5 heteroatoms. The van der Waals surface area contributed by atoms with Crippen molar-refractivity contribution < 1.29 is 5.11 Å². The summed E-state index contributed by atoms with van der Waals surface area (Å²) >= 11 is 5.81. The van der Waals surface area contributed by atoms with Crippen molar-refractivity contribution in [3.8, 4) is 0 Å². The zero-order valence-electron chi connectivity index (χ0n) is 8.23. The summed E-state index contributed by atoms with van der Waals surface area (Å²) in [5, 5.41) is 10.4. The maximum Gasteiger partial charge on any atom is 0.134 e. The van der Waals surface area contributed by atoms with E-state index in [2.05, 4.69) is 14.9 Å². The van der Waals surface area contributed by atoms with E-state index < -0.39 is 0 Å². The molecule has 1 spiro atoms. The van der Waals surface area contributed by atoms with Gasteiger partial charge in [0.2, 0.25) is 0 Å². The Morgan fingerprint density at radius 3 is 2.87 bits per heavy atom. The lowest BCUT2D eigenvalue weighted by atomic mass is 10.0. The van der Waals surface area contributed by atoms with Gasteiger partial charge in [-0.05, 0) is 12.8 Å². The van der Waals surface area contributed by atoms with Crippen LogP contribution in [0.4, 0.5) is 5.82 Å². The number of hydrogen-bond acceptors (Lipinski definition) is 4. The Balaban J connectivity index is 1.84. The summed E-state index contributed by atoms with van der Waals surface area (Å²) < 4.78 is 0. The molecule has 0 bridgehead atoms. The molecule has 1 unspecified atom stereocenters. The summed E-state index contributed by atoms with van der Waals surface area (Å²) in [7, 11) is 0. The number of aliphatic hydroxyl groups excluding tert-OH is 1. The van der Waals surface area contributed by atoms with E-state index in [9.17, 15) is 5.11 Å². The van der Waals surface area contributed by atoms with Crippen molar-refractivity contribution in [1.82, 2.24) is 9.97 Å². The van der Waals surface area contributed by atoms with Gasteiger partial charge in [0.1, 0.15) is 17.3 Å². The molecule has 15 heavy (non-hydrogen) atoms. The first-order chi connectivity index (χ1) is 7.20. The van der Waals surface area contributed by atoms with Gasteiger partial charge in [-0.1, -0.05) is 11.6 Å². The largest absolute Gasteiger partial charge is 0.391 e. The summed E-state index contributed by atoms with van der Waals surface area (Å²) in [5.74, 6) is 0.817. The summed E-state index contributed by atoms with van der Waals surface area (Å²) in [6.45, 7) is 1.55. The van der Waals surface area contributed by atoms with Gasteiger partial charge in [-0.3, -0.25) is 0 Å². The average Bonchev–Trinajstić information content (AvgIpc) is 2.90. The maximum atomic E-state index is 9.90. The summed E-state index contributed by atoms with van der Waals surface area (Å²) in [6.07, 6.45) is 3.50. The fraction of sp³-hybridized carbons (Fsp3) is 0.600. The molecule has 1 saturated heterocycles. The van der Waals surface area contributed by atoms with E-state index in [1.165, 1.54) is 6.33 Å². The Labute approximate surface area is 92.9 Å². The highest BCUT2D eigenvalue weighted by atomic mass is 35.5. The van der Waals surface area contributed by atoms with Crippen molar-refractivity contribution in [2.75, 3.05) is 18.0 Å². The zero-order chi connectivity index (χ0) is 10.5. The van der Waals surface area contributed by atoms with Crippen LogP contribution in [0.25, 0.3) is 0 Å². The van der Waals surface area contributed by atoms with Gasteiger partial charge in [-0.15, -0.1) is 0 Å². The molecule has 2 aliphatic rings. The average molecular weight is 226 g/mol. The standard InChI is InChI=1S/C10H12ClN3O/c11-8-3-9(13-6-12-8)14-4-7(15)10(5-14)1-2-10/h3,6-7,15H,1-2,4-5H2. The molecule has 0 amide bonds. The van der Waals surface area contributed by atoms with E-state index in [1.807, 2.05) is 0 Å². The molecule has 1 aromatic heterocycles. The smallest absolute Gasteiger partial charge is 0.134 e. The van der Waals surface area contributed by atoms with Crippen molar-refractivity contribution in [2.24, 2.45) is 5.41 Å². The lowest BCUT2D eigenvalue weighted by molar-refractivity contribution is 0.136. The van der Waals surface area contributed by atoms with E-state index in [0.29, 0.717) is 11.7 Å². The number of β-amino-alcohol motifs (C(OH)–C–C–N with tert-alkyl or cyclic N) is 1. The molecule has 1 aliphatic heterocycles. The Morgan fingerprint density at radius 1 is 1.47 bits per heavy atom. The molecule has 0 aromatic carbocycles. The quantitative estimate of drug-likeness (QED) is 0.727. The molecule has 2 fully saturated rings. The maximum absolute atomic E-state index is 9.90. The Morgan fingerprint density at radius 2 is 2.27 bits per heavy atom. The van der Waals surface area contributed by atoms with Gasteiger partial charge in [-0.2, -0.15) is 0 Å². The molecular formula is C10H12ClN3O. The molecule has 4 nitrogen and oxygen atoms in total. The van der Waals surface area contributed by atoms with Crippen LogP contribution in [0.1, 0.15) is 12.8 Å². The number of aliphatic hydroxyl groups is 1. The van der Waals surface area contributed by atoms with Crippen molar-refractivity contribution in [1.29, 1.82) is 0 Å². The first-order valence-corrected chi connectivity index (χ1v) is 5.48. The van der Waals surface area contributed by atoms with Gasteiger partial charge in [0, 0.05) is 24.6 Å². The van der Waals surface area contributed by atoms with Gasteiger partial charge < -0.3 is 10.0 Å². The monoisotopic (exact) mass is 225 g/mol. The number of nitrogens with zero attached hydrogens (tertiary/aromatic N) is 3. The second-order valence-electron chi connectivity index (χ2n) is 4.46. The first kappa shape index (κ1) is 9.36.